The van der Waals surface area contributed by atoms with Gasteiger partial charge in [-0.1, -0.05) is 6.42 Å². The highest BCUT2D eigenvalue weighted by atomic mass is 79.9. The first-order valence-corrected chi connectivity index (χ1v) is 8.09. The minimum atomic E-state index is 0.159. The van der Waals surface area contributed by atoms with E-state index in [2.05, 4.69) is 26.6 Å². The van der Waals surface area contributed by atoms with Gasteiger partial charge in [-0.05, 0) is 53.9 Å². The van der Waals surface area contributed by atoms with Crippen LogP contribution in [0.2, 0.25) is 0 Å². The highest BCUT2D eigenvalue weighted by Crippen LogP contribution is 2.21. The van der Waals surface area contributed by atoms with Crippen LogP contribution in [-0.4, -0.2) is 18.5 Å². The number of halogens is 1. The number of thiophene rings is 1. The zero-order valence-electron chi connectivity index (χ0n) is 10.4. The molecule has 1 unspecified atom stereocenters. The monoisotopic (exact) mass is 330 g/mol. The Hall–Kier alpha value is -0.390. The van der Waals surface area contributed by atoms with Crippen LogP contribution in [0.25, 0.3) is 0 Å². The Balaban J connectivity index is 1.62. The van der Waals surface area contributed by atoms with E-state index in [0.29, 0.717) is 19.0 Å². The second kappa shape index (κ2) is 7.26. The standard InChI is InChI=1S/C13H19BrN2OS/c14-12-6-5-11(18-12)9-16-13(17)7-4-10-3-1-2-8-15-10/h5-6,10,15H,1-4,7-9H2,(H,16,17). The number of rotatable bonds is 5. The van der Waals surface area contributed by atoms with E-state index < -0.39 is 0 Å². The molecule has 2 rings (SSSR count). The minimum absolute atomic E-state index is 0.159. The molecule has 18 heavy (non-hydrogen) atoms. The van der Waals surface area contributed by atoms with E-state index >= 15 is 0 Å². The summed E-state index contributed by atoms with van der Waals surface area (Å²) in [4.78, 5) is 12.9. The Kier molecular flexibility index (Phi) is 5.66. The molecule has 1 atom stereocenters. The van der Waals surface area contributed by atoms with Gasteiger partial charge in [0.05, 0.1) is 10.3 Å². The van der Waals surface area contributed by atoms with Crippen LogP contribution in [0.5, 0.6) is 0 Å². The van der Waals surface area contributed by atoms with Gasteiger partial charge in [-0.15, -0.1) is 11.3 Å². The van der Waals surface area contributed by atoms with Crippen LogP contribution >= 0.6 is 27.3 Å². The fraction of sp³-hybridized carbons (Fsp3) is 0.615. The van der Waals surface area contributed by atoms with E-state index in [1.54, 1.807) is 11.3 Å². The summed E-state index contributed by atoms with van der Waals surface area (Å²) in [5, 5.41) is 6.44. The largest absolute Gasteiger partial charge is 0.351 e. The maximum atomic E-state index is 11.7. The van der Waals surface area contributed by atoms with Crippen molar-refractivity contribution in [3.8, 4) is 0 Å². The number of hydrogen-bond donors (Lipinski definition) is 2. The van der Waals surface area contributed by atoms with Crippen molar-refractivity contribution in [2.24, 2.45) is 0 Å². The summed E-state index contributed by atoms with van der Waals surface area (Å²) in [5.74, 6) is 0.159. The predicted molar refractivity (Wildman–Crippen MR) is 78.7 cm³/mol. The number of hydrogen-bond acceptors (Lipinski definition) is 3. The van der Waals surface area contributed by atoms with Crippen molar-refractivity contribution >= 4 is 33.2 Å². The third-order valence-electron chi connectivity index (χ3n) is 3.22. The van der Waals surface area contributed by atoms with Crippen molar-refractivity contribution in [1.82, 2.24) is 10.6 Å². The molecule has 1 amide bonds. The highest BCUT2D eigenvalue weighted by Gasteiger charge is 2.13. The first-order chi connectivity index (χ1) is 8.74. The zero-order valence-corrected chi connectivity index (χ0v) is 12.8. The summed E-state index contributed by atoms with van der Waals surface area (Å²) >= 11 is 5.09. The Labute approximate surface area is 120 Å². The molecule has 2 N–H and O–H groups in total. The van der Waals surface area contributed by atoms with Gasteiger partial charge in [0.25, 0.3) is 0 Å². The zero-order chi connectivity index (χ0) is 12.8. The van der Waals surface area contributed by atoms with E-state index in [0.717, 1.165) is 16.8 Å². The maximum Gasteiger partial charge on any atom is 0.220 e. The Bertz CT molecular complexity index is 388. The lowest BCUT2D eigenvalue weighted by Crippen LogP contribution is -2.35. The average molecular weight is 331 g/mol. The van der Waals surface area contributed by atoms with Crippen molar-refractivity contribution in [3.63, 3.8) is 0 Å². The third kappa shape index (κ3) is 4.71. The smallest absolute Gasteiger partial charge is 0.220 e. The van der Waals surface area contributed by atoms with Crippen molar-refractivity contribution in [2.45, 2.75) is 44.7 Å². The predicted octanol–water partition coefficient (Wildman–Crippen LogP) is 3.05. The molecule has 0 bridgehead atoms. The lowest BCUT2D eigenvalue weighted by atomic mass is 10.0. The Morgan fingerprint density at radius 1 is 1.50 bits per heavy atom. The molecule has 0 aliphatic carbocycles. The van der Waals surface area contributed by atoms with E-state index in [-0.39, 0.29) is 5.91 Å². The molecule has 3 nitrogen and oxygen atoms in total. The third-order valence-corrected chi connectivity index (χ3v) is 4.84. The fourth-order valence-electron chi connectivity index (χ4n) is 2.20. The quantitative estimate of drug-likeness (QED) is 0.871. The normalized spacial score (nSPS) is 19.7. The van der Waals surface area contributed by atoms with Gasteiger partial charge in [-0.2, -0.15) is 0 Å². The van der Waals surface area contributed by atoms with Crippen molar-refractivity contribution in [3.05, 3.63) is 20.8 Å². The summed E-state index contributed by atoms with van der Waals surface area (Å²) in [7, 11) is 0. The van der Waals surface area contributed by atoms with E-state index in [1.165, 1.54) is 24.1 Å². The molecular weight excluding hydrogens is 312 g/mol. The Morgan fingerprint density at radius 3 is 3.06 bits per heavy atom. The second-order valence-corrected chi connectivity index (χ2v) is 7.22. The fourth-order valence-corrected chi connectivity index (χ4v) is 3.62. The molecule has 1 saturated heterocycles. The van der Waals surface area contributed by atoms with Gasteiger partial charge in [-0.25, -0.2) is 0 Å². The summed E-state index contributed by atoms with van der Waals surface area (Å²) < 4.78 is 1.11. The molecule has 1 fully saturated rings. The van der Waals surface area contributed by atoms with Crippen molar-refractivity contribution in [1.29, 1.82) is 0 Å². The highest BCUT2D eigenvalue weighted by molar-refractivity contribution is 9.11. The van der Waals surface area contributed by atoms with Gasteiger partial charge in [0, 0.05) is 17.3 Å². The topological polar surface area (TPSA) is 41.1 Å². The maximum absolute atomic E-state index is 11.7. The number of nitrogens with one attached hydrogen (secondary N) is 2. The van der Waals surface area contributed by atoms with Gasteiger partial charge in [0.1, 0.15) is 0 Å². The minimum Gasteiger partial charge on any atom is -0.351 e. The molecule has 0 saturated carbocycles. The van der Waals surface area contributed by atoms with Gasteiger partial charge in [0.2, 0.25) is 5.91 Å². The van der Waals surface area contributed by atoms with Crippen LogP contribution < -0.4 is 10.6 Å². The molecule has 2 heterocycles. The van der Waals surface area contributed by atoms with Crippen LogP contribution in [0.4, 0.5) is 0 Å². The van der Waals surface area contributed by atoms with Crippen molar-refractivity contribution in [2.75, 3.05) is 6.54 Å². The van der Waals surface area contributed by atoms with E-state index in [9.17, 15) is 4.79 Å². The first-order valence-electron chi connectivity index (χ1n) is 6.48. The molecule has 0 spiro atoms. The second-order valence-electron chi connectivity index (χ2n) is 4.67. The summed E-state index contributed by atoms with van der Waals surface area (Å²) in [6.07, 6.45) is 5.37. The molecule has 1 aliphatic heterocycles. The molecule has 0 aromatic carbocycles. The summed E-state index contributed by atoms with van der Waals surface area (Å²) in [6.45, 7) is 1.75. The molecular formula is C13H19BrN2OS. The molecule has 100 valence electrons. The van der Waals surface area contributed by atoms with Crippen molar-refractivity contribution < 1.29 is 4.79 Å². The van der Waals surface area contributed by atoms with Gasteiger partial charge in [-0.3, -0.25) is 4.79 Å². The molecule has 1 aliphatic rings. The average Bonchev–Trinajstić information content (AvgIpc) is 2.81. The molecule has 1 aromatic heterocycles. The van der Waals surface area contributed by atoms with Crippen LogP contribution in [0.1, 0.15) is 37.0 Å². The number of carbonyl (C=O) groups is 1. The first kappa shape index (κ1) is 14.0. The van der Waals surface area contributed by atoms with Crippen LogP contribution in [0, 0.1) is 0 Å². The van der Waals surface area contributed by atoms with E-state index in [1.807, 2.05) is 12.1 Å². The van der Waals surface area contributed by atoms with Crippen LogP contribution in [0.15, 0.2) is 15.9 Å². The number of carbonyl (C=O) groups excluding carboxylic acids is 1. The van der Waals surface area contributed by atoms with Crippen LogP contribution in [0.3, 0.4) is 0 Å². The number of piperidine rings is 1. The number of amides is 1. The summed E-state index contributed by atoms with van der Waals surface area (Å²) in [5.41, 5.74) is 0. The lowest BCUT2D eigenvalue weighted by molar-refractivity contribution is -0.121. The van der Waals surface area contributed by atoms with Crippen LogP contribution in [-0.2, 0) is 11.3 Å². The van der Waals surface area contributed by atoms with E-state index in [4.69, 9.17) is 0 Å². The molecule has 1 aromatic rings. The van der Waals surface area contributed by atoms with Gasteiger partial charge >= 0.3 is 0 Å². The molecule has 5 heteroatoms. The Morgan fingerprint density at radius 2 is 2.39 bits per heavy atom. The molecule has 0 radical (unpaired) electrons. The SMILES string of the molecule is O=C(CCC1CCCCN1)NCc1ccc(Br)s1. The van der Waals surface area contributed by atoms with Gasteiger partial charge < -0.3 is 10.6 Å². The van der Waals surface area contributed by atoms with Gasteiger partial charge in [0.15, 0.2) is 0 Å². The summed E-state index contributed by atoms with van der Waals surface area (Å²) in [6, 6.07) is 4.59. The lowest BCUT2D eigenvalue weighted by Gasteiger charge is -2.22.